The first-order valence-corrected chi connectivity index (χ1v) is 24.7. The van der Waals surface area contributed by atoms with Crippen LogP contribution in [0, 0.1) is 0 Å². The molecular weight excluding hydrogens is 1010 g/mol. The third kappa shape index (κ3) is 13.8. The molecule has 1 N–H and O–H groups in total. The molecule has 396 valence electrons. The average Bonchev–Trinajstić information content (AvgIpc) is 3.66. The Bertz CT molecular complexity index is 2880. The quantitative estimate of drug-likeness (QED) is 0.120. The maximum absolute atomic E-state index is 13.2. The van der Waals surface area contributed by atoms with E-state index < -0.39 is 41.0 Å². The van der Waals surface area contributed by atoms with Gasteiger partial charge in [-0.2, -0.15) is 26.3 Å². The number of nitrogens with zero attached hydrogens (tertiary/aromatic N) is 7. The molecule has 14 nitrogen and oxygen atoms in total. The summed E-state index contributed by atoms with van der Waals surface area (Å²) < 4.78 is 101. The van der Waals surface area contributed by atoms with E-state index in [1.165, 1.54) is 50.6 Å². The molecule has 4 aliphatic rings. The van der Waals surface area contributed by atoms with Gasteiger partial charge in [0.1, 0.15) is 22.7 Å². The molecule has 2 fully saturated rings. The molecule has 21 heteroatoms. The third-order valence-corrected chi connectivity index (χ3v) is 13.8. The van der Waals surface area contributed by atoms with Crippen LogP contribution in [0.5, 0.6) is 11.5 Å². The van der Waals surface area contributed by atoms with Crippen LogP contribution in [0.1, 0.15) is 81.8 Å². The van der Waals surface area contributed by atoms with Crippen molar-refractivity contribution in [3.05, 3.63) is 160 Å². The van der Waals surface area contributed by atoms with E-state index in [-0.39, 0.29) is 22.1 Å². The molecule has 0 atom stereocenters. The van der Waals surface area contributed by atoms with Crippen molar-refractivity contribution in [2.45, 2.75) is 75.2 Å². The van der Waals surface area contributed by atoms with Crippen LogP contribution in [0.15, 0.2) is 121 Å². The monoisotopic (exact) mass is 1060 g/mol. The van der Waals surface area contributed by atoms with Crippen LogP contribution in [0.3, 0.4) is 0 Å². The Morgan fingerprint density at radius 3 is 1.47 bits per heavy atom. The van der Waals surface area contributed by atoms with Gasteiger partial charge in [-0.25, -0.2) is 9.59 Å². The molecule has 0 aliphatic carbocycles. The number of benzene rings is 4. The minimum absolute atomic E-state index is 0.150. The van der Waals surface area contributed by atoms with Crippen molar-refractivity contribution in [2.75, 3.05) is 68.2 Å². The molecule has 4 aromatic carbocycles. The summed E-state index contributed by atoms with van der Waals surface area (Å²) in [5.41, 5.74) is 1.56. The molecule has 10 rings (SSSR count). The second kappa shape index (κ2) is 23.6. The van der Waals surface area contributed by atoms with E-state index in [2.05, 4.69) is 49.9 Å². The van der Waals surface area contributed by atoms with Gasteiger partial charge in [-0.3, -0.25) is 0 Å². The Hall–Kier alpha value is -7.19. The highest BCUT2D eigenvalue weighted by atomic mass is 35.5. The van der Waals surface area contributed by atoms with Crippen LogP contribution in [0.25, 0.3) is 0 Å². The lowest BCUT2D eigenvalue weighted by molar-refractivity contribution is -0.138. The summed E-state index contributed by atoms with van der Waals surface area (Å²) in [5.74, 6) is 1.19. The van der Waals surface area contributed by atoms with Crippen molar-refractivity contribution in [3.63, 3.8) is 0 Å². The number of halogens is 7. The zero-order valence-electron chi connectivity index (χ0n) is 41.2. The highest BCUT2D eigenvalue weighted by Crippen LogP contribution is 2.43. The number of piperidine rings is 2. The topological polar surface area (TPSA) is 144 Å². The van der Waals surface area contributed by atoms with Gasteiger partial charge in [0.15, 0.2) is 22.4 Å². The molecule has 6 heterocycles. The van der Waals surface area contributed by atoms with E-state index >= 15 is 0 Å². The van der Waals surface area contributed by atoms with E-state index in [9.17, 15) is 35.9 Å². The van der Waals surface area contributed by atoms with E-state index in [1.54, 1.807) is 24.3 Å². The second-order valence-corrected chi connectivity index (χ2v) is 18.9. The van der Waals surface area contributed by atoms with E-state index in [4.69, 9.17) is 21.1 Å². The molecule has 4 aliphatic heterocycles. The van der Waals surface area contributed by atoms with Gasteiger partial charge in [-0.15, -0.1) is 20.4 Å². The zero-order chi connectivity index (χ0) is 53.2. The molecule has 0 radical (unpaired) electrons. The summed E-state index contributed by atoms with van der Waals surface area (Å²) in [6.45, 7) is 5.44. The Morgan fingerprint density at radius 1 is 0.573 bits per heavy atom. The summed E-state index contributed by atoms with van der Waals surface area (Å²) >= 11 is 5.43. The van der Waals surface area contributed by atoms with Gasteiger partial charge in [0.2, 0.25) is 0 Å². The number of methoxy groups -OCH3 is 2. The van der Waals surface area contributed by atoms with Gasteiger partial charge in [-0.05, 0) is 110 Å². The van der Waals surface area contributed by atoms with Crippen molar-refractivity contribution >= 4 is 40.7 Å². The second-order valence-electron chi connectivity index (χ2n) is 18.5. The molecule has 75 heavy (non-hydrogen) atoms. The summed E-state index contributed by atoms with van der Waals surface area (Å²) in [5, 5.41) is 18.7. The van der Waals surface area contributed by atoms with Gasteiger partial charge >= 0.3 is 24.3 Å². The molecule has 6 aromatic rings. The molecule has 0 unspecified atom stereocenters. The summed E-state index contributed by atoms with van der Waals surface area (Å²) in [6, 6.07) is 32.9. The Kier molecular flexibility index (Phi) is 17.0. The average molecular weight is 1060 g/mol. The first-order chi connectivity index (χ1) is 35.9. The molecule has 2 saturated heterocycles. The van der Waals surface area contributed by atoms with Crippen molar-refractivity contribution in [2.24, 2.45) is 0 Å². The number of anilines is 3. The highest BCUT2D eigenvalue weighted by molar-refractivity contribution is 6.29. The van der Waals surface area contributed by atoms with Gasteiger partial charge in [0, 0.05) is 65.0 Å². The lowest BCUT2D eigenvalue weighted by Crippen LogP contribution is -2.49. The fourth-order valence-corrected chi connectivity index (χ4v) is 9.62. The summed E-state index contributed by atoms with van der Waals surface area (Å²) in [4.78, 5) is 28.7. The maximum atomic E-state index is 13.2. The summed E-state index contributed by atoms with van der Waals surface area (Å²) in [7, 11) is 2.58. The predicted octanol–water partition coefficient (Wildman–Crippen LogP) is 10.6. The van der Waals surface area contributed by atoms with Crippen molar-refractivity contribution in [1.82, 2.24) is 25.7 Å². The minimum Gasteiger partial charge on any atom is -0.485 e. The number of para-hydroxylation sites is 4. The number of hydrogen-bond acceptors (Lipinski definition) is 14. The standard InChI is InChI=1S/C27H27F3N4O3.C21H23F3N2O.C6H5ClN2O2/c1-36-25(35)21-9-10-24(32-31-21)33-14-11-26(12-15-33)13-16-34(22-7-2-3-8-23(22)37-26)18-19-5-4-6-20(17-19)27(28,29)30;22-21(23,24)17-5-3-4-16(14-17)15-26-13-10-20(8-11-25-12-9-20)27-19-7-2-1-6-18(19)26;1-11-6(10)4-2-3-5(7)9-8-4/h2-10,17H,11-16,18H2,1H3;1-7,14,25H,8-13,15H2;2-3H,1H3. The van der Waals surface area contributed by atoms with E-state index in [1.807, 2.05) is 48.5 Å². The smallest absolute Gasteiger partial charge is 0.416 e. The molecule has 0 bridgehead atoms. The number of esters is 2. The van der Waals surface area contributed by atoms with E-state index in [0.717, 1.165) is 93.2 Å². The SMILES string of the molecule is COC(=O)c1ccc(Cl)nn1.COC(=O)c1ccc(N2CCC3(CC2)CCN(Cc2cccc(C(F)(F)F)c2)c2ccccc2O3)nn1.FC(F)(F)c1cccc(CN2CCC3(CCNCC3)Oc3ccccc32)c1. The number of nitrogens with one attached hydrogen (secondary N) is 1. The molecule has 2 spiro atoms. The maximum Gasteiger partial charge on any atom is 0.416 e. The van der Waals surface area contributed by atoms with Crippen molar-refractivity contribution in [1.29, 1.82) is 0 Å². The van der Waals surface area contributed by atoms with Gasteiger partial charge in [0.05, 0.1) is 36.7 Å². The fraction of sp³-hybridized carbons (Fsp3) is 0.370. The molecular formula is C54H55ClF6N8O6. The number of ether oxygens (including phenoxy) is 4. The molecule has 0 amide bonds. The largest absolute Gasteiger partial charge is 0.485 e. The number of rotatable bonds is 7. The van der Waals surface area contributed by atoms with Gasteiger partial charge < -0.3 is 39.0 Å². The lowest BCUT2D eigenvalue weighted by Gasteiger charge is -2.41. The van der Waals surface area contributed by atoms with Crippen LogP contribution in [-0.2, 0) is 34.9 Å². The number of aromatic nitrogens is 4. The Labute approximate surface area is 434 Å². The van der Waals surface area contributed by atoms with Crippen LogP contribution in [0.4, 0.5) is 43.5 Å². The molecule has 2 aromatic heterocycles. The van der Waals surface area contributed by atoms with Gasteiger partial charge in [0.25, 0.3) is 0 Å². The first kappa shape index (κ1) is 54.1. The fourth-order valence-electron chi connectivity index (χ4n) is 9.52. The number of carbonyl (C=O) groups is 2. The van der Waals surface area contributed by atoms with Crippen LogP contribution >= 0.6 is 11.6 Å². The lowest BCUT2D eigenvalue weighted by atomic mass is 9.87. The normalized spacial score (nSPS) is 16.7. The zero-order valence-corrected chi connectivity index (χ0v) is 41.9. The number of hydrogen-bond donors (Lipinski definition) is 1. The number of carbonyl (C=O) groups excluding carboxylic acids is 2. The van der Waals surface area contributed by atoms with Crippen LogP contribution in [-0.4, -0.2) is 97.0 Å². The first-order valence-electron chi connectivity index (χ1n) is 24.3. The van der Waals surface area contributed by atoms with Crippen molar-refractivity contribution < 1.29 is 54.9 Å². The highest BCUT2D eigenvalue weighted by Gasteiger charge is 2.41. The van der Waals surface area contributed by atoms with Crippen LogP contribution < -0.4 is 29.5 Å². The van der Waals surface area contributed by atoms with Crippen LogP contribution in [0.2, 0.25) is 5.15 Å². The predicted molar refractivity (Wildman–Crippen MR) is 269 cm³/mol. The van der Waals surface area contributed by atoms with Gasteiger partial charge in [-0.1, -0.05) is 60.1 Å². The molecule has 0 saturated carbocycles. The van der Waals surface area contributed by atoms with E-state index in [0.29, 0.717) is 49.7 Å². The third-order valence-electron chi connectivity index (χ3n) is 13.6. The summed E-state index contributed by atoms with van der Waals surface area (Å²) in [6.07, 6.45) is -3.72. The minimum atomic E-state index is -4.38. The number of fused-ring (bicyclic) bond motifs is 2. The Morgan fingerprint density at radius 2 is 1.03 bits per heavy atom. The van der Waals surface area contributed by atoms with Crippen molar-refractivity contribution in [3.8, 4) is 11.5 Å². The Balaban J connectivity index is 0.000000171. The number of alkyl halides is 6.